The second kappa shape index (κ2) is 5.69. The Labute approximate surface area is 108 Å². The molecular weight excluding hydrogens is 230 g/mol. The Morgan fingerprint density at radius 1 is 1.39 bits per heavy atom. The molecule has 2 amide bonds. The highest BCUT2D eigenvalue weighted by Crippen LogP contribution is 2.27. The van der Waals surface area contributed by atoms with E-state index in [0.29, 0.717) is 5.92 Å². The third-order valence-corrected chi connectivity index (χ3v) is 4.23. The van der Waals surface area contributed by atoms with Gasteiger partial charge in [0.2, 0.25) is 11.8 Å². The van der Waals surface area contributed by atoms with Crippen LogP contribution >= 0.6 is 0 Å². The summed E-state index contributed by atoms with van der Waals surface area (Å²) in [4.78, 5) is 23.7. The molecule has 4 unspecified atom stereocenters. The lowest BCUT2D eigenvalue weighted by atomic mass is 9.79. The molecule has 5 heteroatoms. The zero-order chi connectivity index (χ0) is 13.1. The van der Waals surface area contributed by atoms with Crippen molar-refractivity contribution in [3.63, 3.8) is 0 Å². The van der Waals surface area contributed by atoms with E-state index >= 15 is 0 Å². The molecule has 0 spiro atoms. The van der Waals surface area contributed by atoms with Gasteiger partial charge in [0.25, 0.3) is 0 Å². The third kappa shape index (κ3) is 3.02. The zero-order valence-corrected chi connectivity index (χ0v) is 10.9. The predicted octanol–water partition coefficient (Wildman–Crippen LogP) is 0.145. The summed E-state index contributed by atoms with van der Waals surface area (Å²) < 4.78 is 0. The molecule has 0 aromatic carbocycles. The van der Waals surface area contributed by atoms with Gasteiger partial charge in [0.1, 0.15) is 6.04 Å². The summed E-state index contributed by atoms with van der Waals surface area (Å²) in [7, 11) is 0. The molecule has 0 aromatic heterocycles. The van der Waals surface area contributed by atoms with Crippen LogP contribution in [0.2, 0.25) is 0 Å². The molecule has 5 nitrogen and oxygen atoms in total. The summed E-state index contributed by atoms with van der Waals surface area (Å²) in [6, 6.07) is -0.239. The molecule has 0 radical (unpaired) electrons. The molecule has 1 heterocycles. The Hall–Kier alpha value is -1.10. The molecule has 4 N–H and O–H groups in total. The van der Waals surface area contributed by atoms with E-state index in [1.165, 1.54) is 0 Å². The van der Waals surface area contributed by atoms with Gasteiger partial charge in [-0.1, -0.05) is 6.92 Å². The Morgan fingerprint density at radius 3 is 2.83 bits per heavy atom. The summed E-state index contributed by atoms with van der Waals surface area (Å²) in [5, 5.41) is 5.65. The molecule has 4 atom stereocenters. The van der Waals surface area contributed by atoms with Gasteiger partial charge in [-0.25, -0.2) is 0 Å². The first-order chi connectivity index (χ1) is 8.58. The summed E-state index contributed by atoms with van der Waals surface area (Å²) in [6.07, 6.45) is 4.29. The van der Waals surface area contributed by atoms with Crippen LogP contribution in [-0.4, -0.2) is 30.4 Å². The van der Waals surface area contributed by atoms with Crippen molar-refractivity contribution in [1.82, 2.24) is 10.6 Å². The van der Waals surface area contributed by atoms with Crippen molar-refractivity contribution in [2.45, 2.75) is 51.1 Å². The standard InChI is InChI=1S/C13H23N3O2/c1-8-4-5-9(7-10(8)14)12(17)16-11-3-2-6-15-13(11)18/h8-11H,2-7,14H2,1H3,(H,15,18)(H,16,17). The predicted molar refractivity (Wildman–Crippen MR) is 68.7 cm³/mol. The average molecular weight is 253 g/mol. The van der Waals surface area contributed by atoms with Crippen molar-refractivity contribution in [3.8, 4) is 0 Å². The lowest BCUT2D eigenvalue weighted by molar-refractivity contribution is -0.132. The number of carbonyl (C=O) groups is 2. The minimum Gasteiger partial charge on any atom is -0.354 e. The fourth-order valence-corrected chi connectivity index (χ4v) is 2.79. The molecule has 1 saturated heterocycles. The molecule has 0 bridgehead atoms. The van der Waals surface area contributed by atoms with Gasteiger partial charge in [-0.05, 0) is 38.0 Å². The Balaban J connectivity index is 1.86. The molecule has 2 rings (SSSR count). The number of rotatable bonds is 2. The van der Waals surface area contributed by atoms with Gasteiger partial charge in [-0.2, -0.15) is 0 Å². The molecular formula is C13H23N3O2. The first-order valence-corrected chi connectivity index (χ1v) is 6.91. The maximum atomic E-state index is 12.1. The van der Waals surface area contributed by atoms with Crippen LogP contribution in [0.15, 0.2) is 0 Å². The topological polar surface area (TPSA) is 84.2 Å². The average Bonchev–Trinajstić information content (AvgIpc) is 2.35. The van der Waals surface area contributed by atoms with Crippen LogP contribution in [0, 0.1) is 11.8 Å². The Bertz CT molecular complexity index is 332. The Morgan fingerprint density at radius 2 is 2.17 bits per heavy atom. The molecule has 102 valence electrons. The van der Waals surface area contributed by atoms with Gasteiger partial charge in [0.15, 0.2) is 0 Å². The fraction of sp³-hybridized carbons (Fsp3) is 0.846. The normalized spacial score (nSPS) is 36.9. The summed E-state index contributed by atoms with van der Waals surface area (Å²) >= 11 is 0. The van der Waals surface area contributed by atoms with Crippen molar-refractivity contribution in [2.75, 3.05) is 6.54 Å². The zero-order valence-electron chi connectivity index (χ0n) is 10.9. The van der Waals surface area contributed by atoms with E-state index in [1.54, 1.807) is 0 Å². The van der Waals surface area contributed by atoms with Crippen LogP contribution in [0.25, 0.3) is 0 Å². The lowest BCUT2D eigenvalue weighted by Crippen LogP contribution is -2.52. The molecule has 1 aliphatic carbocycles. The van der Waals surface area contributed by atoms with E-state index in [9.17, 15) is 9.59 Å². The summed E-state index contributed by atoms with van der Waals surface area (Å²) in [5.74, 6) is 0.417. The number of hydrogen-bond acceptors (Lipinski definition) is 3. The van der Waals surface area contributed by atoms with Crippen molar-refractivity contribution in [2.24, 2.45) is 17.6 Å². The highest BCUT2D eigenvalue weighted by molar-refractivity contribution is 5.88. The van der Waals surface area contributed by atoms with Crippen LogP contribution in [0.5, 0.6) is 0 Å². The second-order valence-corrected chi connectivity index (χ2v) is 5.65. The number of nitrogens with one attached hydrogen (secondary N) is 2. The van der Waals surface area contributed by atoms with E-state index in [0.717, 1.165) is 38.6 Å². The maximum Gasteiger partial charge on any atom is 0.242 e. The van der Waals surface area contributed by atoms with E-state index in [4.69, 9.17) is 5.73 Å². The SMILES string of the molecule is CC1CCC(C(=O)NC2CCCNC2=O)CC1N. The second-order valence-electron chi connectivity index (χ2n) is 5.65. The van der Waals surface area contributed by atoms with Gasteiger partial charge in [0.05, 0.1) is 0 Å². The van der Waals surface area contributed by atoms with E-state index in [1.807, 2.05) is 0 Å². The van der Waals surface area contributed by atoms with Crippen LogP contribution in [0.3, 0.4) is 0 Å². The molecule has 1 saturated carbocycles. The number of hydrogen-bond donors (Lipinski definition) is 3. The van der Waals surface area contributed by atoms with Crippen LogP contribution in [0.4, 0.5) is 0 Å². The fourth-order valence-electron chi connectivity index (χ4n) is 2.79. The van der Waals surface area contributed by atoms with Gasteiger partial charge >= 0.3 is 0 Å². The van der Waals surface area contributed by atoms with Crippen molar-refractivity contribution >= 4 is 11.8 Å². The third-order valence-electron chi connectivity index (χ3n) is 4.23. The smallest absolute Gasteiger partial charge is 0.242 e. The quantitative estimate of drug-likeness (QED) is 0.654. The highest BCUT2D eigenvalue weighted by Gasteiger charge is 2.32. The first-order valence-electron chi connectivity index (χ1n) is 6.91. The largest absolute Gasteiger partial charge is 0.354 e. The van der Waals surface area contributed by atoms with Gasteiger partial charge in [-0.3, -0.25) is 9.59 Å². The van der Waals surface area contributed by atoms with Crippen LogP contribution < -0.4 is 16.4 Å². The number of carbonyl (C=O) groups excluding carboxylic acids is 2. The maximum absolute atomic E-state index is 12.1. The Kier molecular flexibility index (Phi) is 4.22. The number of piperidine rings is 1. The van der Waals surface area contributed by atoms with Crippen molar-refractivity contribution in [1.29, 1.82) is 0 Å². The monoisotopic (exact) mass is 253 g/mol. The number of amides is 2. The lowest BCUT2D eigenvalue weighted by Gasteiger charge is -2.32. The first kappa shape index (κ1) is 13.3. The molecule has 1 aliphatic heterocycles. The van der Waals surface area contributed by atoms with Crippen molar-refractivity contribution < 1.29 is 9.59 Å². The van der Waals surface area contributed by atoms with E-state index in [-0.39, 0.29) is 29.8 Å². The van der Waals surface area contributed by atoms with Crippen LogP contribution in [0.1, 0.15) is 39.0 Å². The number of nitrogens with two attached hydrogens (primary N) is 1. The van der Waals surface area contributed by atoms with Gasteiger partial charge < -0.3 is 16.4 Å². The van der Waals surface area contributed by atoms with E-state index < -0.39 is 0 Å². The van der Waals surface area contributed by atoms with Gasteiger partial charge in [-0.15, -0.1) is 0 Å². The van der Waals surface area contributed by atoms with Crippen molar-refractivity contribution in [3.05, 3.63) is 0 Å². The highest BCUT2D eigenvalue weighted by atomic mass is 16.2. The summed E-state index contributed by atoms with van der Waals surface area (Å²) in [6.45, 7) is 2.85. The molecule has 2 fully saturated rings. The van der Waals surface area contributed by atoms with Gasteiger partial charge in [0, 0.05) is 18.5 Å². The molecule has 18 heavy (non-hydrogen) atoms. The van der Waals surface area contributed by atoms with Crippen LogP contribution in [-0.2, 0) is 9.59 Å². The molecule has 2 aliphatic rings. The minimum atomic E-state index is -0.346. The minimum absolute atomic E-state index is 0.000556. The summed E-state index contributed by atoms with van der Waals surface area (Å²) in [5.41, 5.74) is 6.01. The molecule has 0 aromatic rings. The van der Waals surface area contributed by atoms with E-state index in [2.05, 4.69) is 17.6 Å².